The second-order valence-corrected chi connectivity index (χ2v) is 5.48. The molecule has 0 atom stereocenters. The van der Waals surface area contributed by atoms with Gasteiger partial charge >= 0.3 is 0 Å². The molecular formula is C19H21N3O3. The van der Waals surface area contributed by atoms with Crippen LogP contribution in [-0.4, -0.2) is 23.2 Å². The number of pyridine rings is 2. The molecule has 0 saturated heterocycles. The number of rotatable bonds is 7. The highest BCUT2D eigenvalue weighted by atomic mass is 16.5. The molecule has 0 amide bonds. The third kappa shape index (κ3) is 4.09. The second-order valence-electron chi connectivity index (χ2n) is 5.48. The molecule has 3 rings (SSSR count). The van der Waals surface area contributed by atoms with Crippen molar-refractivity contribution in [2.24, 2.45) is 0 Å². The molecule has 3 aromatic rings. The van der Waals surface area contributed by atoms with Crippen LogP contribution in [-0.2, 0) is 6.54 Å². The smallest absolute Gasteiger partial charge is 0.253 e. The Labute approximate surface area is 145 Å². The third-order valence-corrected chi connectivity index (χ3v) is 3.72. The summed E-state index contributed by atoms with van der Waals surface area (Å²) in [6.45, 7) is 5.42. The summed E-state index contributed by atoms with van der Waals surface area (Å²) in [6, 6.07) is 11.2. The van der Waals surface area contributed by atoms with Gasteiger partial charge in [-0.15, -0.1) is 0 Å². The molecule has 130 valence electrons. The maximum Gasteiger partial charge on any atom is 0.253 e. The molecular weight excluding hydrogens is 318 g/mol. The monoisotopic (exact) mass is 339 g/mol. The van der Waals surface area contributed by atoms with Crippen molar-refractivity contribution in [2.75, 3.05) is 18.5 Å². The summed E-state index contributed by atoms with van der Waals surface area (Å²) < 4.78 is 10.8. The lowest BCUT2D eigenvalue weighted by Gasteiger charge is -2.09. The number of aromatic nitrogens is 2. The zero-order chi connectivity index (χ0) is 17.6. The van der Waals surface area contributed by atoms with Crippen LogP contribution in [0.15, 0.2) is 47.4 Å². The number of hydrogen-bond donors (Lipinski definition) is 2. The van der Waals surface area contributed by atoms with Crippen molar-refractivity contribution in [3.8, 4) is 11.6 Å². The first kappa shape index (κ1) is 16.8. The molecule has 0 spiro atoms. The molecule has 0 aliphatic carbocycles. The van der Waals surface area contributed by atoms with E-state index in [2.05, 4.69) is 15.3 Å². The molecule has 0 unspecified atom stereocenters. The van der Waals surface area contributed by atoms with Gasteiger partial charge in [0.2, 0.25) is 5.88 Å². The Morgan fingerprint density at radius 1 is 1.08 bits per heavy atom. The van der Waals surface area contributed by atoms with E-state index in [-0.39, 0.29) is 5.56 Å². The lowest BCUT2D eigenvalue weighted by molar-refractivity contribution is 0.327. The second kappa shape index (κ2) is 7.70. The van der Waals surface area contributed by atoms with E-state index in [1.807, 2.05) is 44.2 Å². The van der Waals surface area contributed by atoms with Crippen LogP contribution >= 0.6 is 0 Å². The number of H-pyrrole nitrogens is 1. The van der Waals surface area contributed by atoms with E-state index in [1.54, 1.807) is 12.3 Å². The van der Waals surface area contributed by atoms with Crippen LogP contribution in [0.4, 0.5) is 5.69 Å². The highest BCUT2D eigenvalue weighted by molar-refractivity contribution is 5.80. The molecule has 2 heterocycles. The number of aromatic amines is 1. The molecule has 0 saturated carbocycles. The van der Waals surface area contributed by atoms with Crippen LogP contribution < -0.4 is 20.3 Å². The Kier molecular flexibility index (Phi) is 5.18. The summed E-state index contributed by atoms with van der Waals surface area (Å²) in [7, 11) is 0. The van der Waals surface area contributed by atoms with Crippen molar-refractivity contribution >= 4 is 16.6 Å². The Morgan fingerprint density at radius 3 is 2.64 bits per heavy atom. The Bertz CT molecular complexity index is 904. The number of nitrogens with one attached hydrogen (secondary N) is 2. The van der Waals surface area contributed by atoms with Crippen molar-refractivity contribution in [3.05, 3.63) is 58.5 Å². The van der Waals surface area contributed by atoms with Crippen molar-refractivity contribution in [1.29, 1.82) is 0 Å². The average molecular weight is 339 g/mol. The first-order valence-electron chi connectivity index (χ1n) is 8.31. The van der Waals surface area contributed by atoms with Gasteiger partial charge < -0.3 is 19.8 Å². The predicted octanol–water partition coefficient (Wildman–Crippen LogP) is 3.33. The van der Waals surface area contributed by atoms with E-state index in [0.717, 1.165) is 22.3 Å². The fourth-order valence-electron chi connectivity index (χ4n) is 2.53. The zero-order valence-corrected chi connectivity index (χ0v) is 14.3. The fourth-order valence-corrected chi connectivity index (χ4v) is 2.53. The maximum atomic E-state index is 12.3. The number of ether oxygens (including phenoxy) is 2. The summed E-state index contributed by atoms with van der Waals surface area (Å²) in [4.78, 5) is 19.4. The molecule has 6 heteroatoms. The zero-order valence-electron chi connectivity index (χ0n) is 14.3. The van der Waals surface area contributed by atoms with Crippen molar-refractivity contribution in [3.63, 3.8) is 0 Å². The van der Waals surface area contributed by atoms with Gasteiger partial charge in [0.1, 0.15) is 5.75 Å². The predicted molar refractivity (Wildman–Crippen MR) is 98.5 cm³/mol. The Hall–Kier alpha value is -3.02. The van der Waals surface area contributed by atoms with Gasteiger partial charge in [-0.1, -0.05) is 0 Å². The molecule has 0 bridgehead atoms. The Balaban J connectivity index is 1.75. The van der Waals surface area contributed by atoms with E-state index >= 15 is 0 Å². The van der Waals surface area contributed by atoms with Gasteiger partial charge in [-0.05, 0) is 43.5 Å². The van der Waals surface area contributed by atoms with E-state index in [4.69, 9.17) is 9.47 Å². The third-order valence-electron chi connectivity index (χ3n) is 3.72. The number of nitrogens with zero attached hydrogens (tertiary/aromatic N) is 1. The van der Waals surface area contributed by atoms with E-state index in [1.165, 1.54) is 0 Å². The van der Waals surface area contributed by atoms with Crippen LogP contribution in [0.1, 0.15) is 19.4 Å². The molecule has 1 aromatic carbocycles. The lowest BCUT2D eigenvalue weighted by atomic mass is 10.1. The SMILES string of the molecule is CCOc1ccc2cc(CNc3ccc(OCC)nc3)c(=O)[nH]c2c1. The van der Waals surface area contributed by atoms with Crippen molar-refractivity contribution in [2.45, 2.75) is 20.4 Å². The standard InChI is InChI=1S/C19H21N3O3/c1-3-24-16-7-5-13-9-14(19(23)22-17(13)10-16)11-20-15-6-8-18(21-12-15)25-4-2/h5-10,12,20H,3-4,11H2,1-2H3,(H,22,23). The lowest BCUT2D eigenvalue weighted by Crippen LogP contribution is -2.15. The van der Waals surface area contributed by atoms with Crippen LogP contribution in [0.5, 0.6) is 11.6 Å². The molecule has 0 aliphatic heterocycles. The van der Waals surface area contributed by atoms with E-state index in [0.29, 0.717) is 31.2 Å². The first-order valence-corrected chi connectivity index (χ1v) is 8.31. The highest BCUT2D eigenvalue weighted by Crippen LogP contribution is 2.19. The summed E-state index contributed by atoms with van der Waals surface area (Å²) >= 11 is 0. The van der Waals surface area contributed by atoms with Crippen LogP contribution in [0.3, 0.4) is 0 Å². The molecule has 25 heavy (non-hydrogen) atoms. The summed E-state index contributed by atoms with van der Waals surface area (Å²) in [5.41, 5.74) is 2.13. The molecule has 0 radical (unpaired) electrons. The van der Waals surface area contributed by atoms with Gasteiger partial charge in [-0.25, -0.2) is 4.98 Å². The van der Waals surface area contributed by atoms with Gasteiger partial charge in [0.15, 0.2) is 0 Å². The number of anilines is 1. The highest BCUT2D eigenvalue weighted by Gasteiger charge is 2.05. The molecule has 6 nitrogen and oxygen atoms in total. The molecule has 0 aliphatic rings. The summed E-state index contributed by atoms with van der Waals surface area (Å²) in [5, 5.41) is 4.17. The van der Waals surface area contributed by atoms with Crippen LogP contribution in [0.25, 0.3) is 10.9 Å². The maximum absolute atomic E-state index is 12.3. The van der Waals surface area contributed by atoms with Crippen LogP contribution in [0.2, 0.25) is 0 Å². The Morgan fingerprint density at radius 2 is 1.92 bits per heavy atom. The van der Waals surface area contributed by atoms with Gasteiger partial charge in [0.25, 0.3) is 5.56 Å². The topological polar surface area (TPSA) is 76.2 Å². The van der Waals surface area contributed by atoms with Gasteiger partial charge in [0, 0.05) is 24.2 Å². The molecule has 2 N–H and O–H groups in total. The number of benzene rings is 1. The largest absolute Gasteiger partial charge is 0.494 e. The molecule has 2 aromatic heterocycles. The van der Waals surface area contributed by atoms with Crippen LogP contribution in [0, 0.1) is 0 Å². The van der Waals surface area contributed by atoms with E-state index in [9.17, 15) is 4.79 Å². The van der Waals surface area contributed by atoms with Crippen molar-refractivity contribution < 1.29 is 9.47 Å². The molecule has 0 fully saturated rings. The summed E-state index contributed by atoms with van der Waals surface area (Å²) in [6.07, 6.45) is 1.69. The van der Waals surface area contributed by atoms with Gasteiger partial charge in [-0.2, -0.15) is 0 Å². The van der Waals surface area contributed by atoms with Gasteiger partial charge in [0.05, 0.1) is 30.6 Å². The minimum absolute atomic E-state index is 0.118. The summed E-state index contributed by atoms with van der Waals surface area (Å²) in [5.74, 6) is 1.33. The fraction of sp³-hybridized carbons (Fsp3) is 0.263. The normalized spacial score (nSPS) is 10.6. The first-order chi connectivity index (χ1) is 12.2. The average Bonchev–Trinajstić information content (AvgIpc) is 2.62. The van der Waals surface area contributed by atoms with Crippen molar-refractivity contribution in [1.82, 2.24) is 9.97 Å². The number of hydrogen-bond acceptors (Lipinski definition) is 5. The minimum Gasteiger partial charge on any atom is -0.494 e. The minimum atomic E-state index is -0.118. The quantitative estimate of drug-likeness (QED) is 0.690. The number of fused-ring (bicyclic) bond motifs is 1. The van der Waals surface area contributed by atoms with Gasteiger partial charge in [-0.3, -0.25) is 4.79 Å². The van der Waals surface area contributed by atoms with E-state index < -0.39 is 0 Å².